The zero-order chi connectivity index (χ0) is 24.9. The minimum atomic E-state index is -0.982. The minimum absolute atomic E-state index is 0.129. The van der Waals surface area contributed by atoms with Crippen LogP contribution in [0.25, 0.3) is 10.9 Å². The Hall–Kier alpha value is -3.98. The van der Waals surface area contributed by atoms with E-state index in [1.54, 1.807) is 48.5 Å². The number of carbonyl (C=O) groups is 2. The number of amides is 1. The average Bonchev–Trinajstić information content (AvgIpc) is 2.84. The van der Waals surface area contributed by atoms with Crippen LogP contribution in [0.3, 0.4) is 0 Å². The Morgan fingerprint density at radius 1 is 1.03 bits per heavy atom. The van der Waals surface area contributed by atoms with Crippen molar-refractivity contribution in [3.63, 3.8) is 0 Å². The van der Waals surface area contributed by atoms with E-state index in [1.165, 1.54) is 16.4 Å². The second-order valence-electron chi connectivity index (χ2n) is 8.17. The lowest BCUT2D eigenvalue weighted by atomic mass is 10.1. The van der Waals surface area contributed by atoms with Crippen molar-refractivity contribution in [2.24, 2.45) is 0 Å². The minimum Gasteiger partial charge on any atom is -0.480 e. The third-order valence-electron chi connectivity index (χ3n) is 5.54. The van der Waals surface area contributed by atoms with E-state index in [0.717, 1.165) is 16.0 Å². The number of carboxylic acids is 1. The quantitative estimate of drug-likeness (QED) is 0.356. The molecule has 0 bridgehead atoms. The lowest BCUT2D eigenvalue weighted by Gasteiger charge is -2.13. The number of nitrogens with one attached hydrogen (secondary N) is 1. The number of rotatable bonds is 8. The Kier molecular flexibility index (Phi) is 7.26. The second kappa shape index (κ2) is 10.5. The Balaban J connectivity index is 1.40. The van der Waals surface area contributed by atoms with Gasteiger partial charge in [0.2, 0.25) is 0 Å². The van der Waals surface area contributed by atoms with Gasteiger partial charge in [0.1, 0.15) is 10.8 Å². The predicted molar refractivity (Wildman–Crippen MR) is 136 cm³/mol. The first-order valence-corrected chi connectivity index (χ1v) is 11.9. The molecular weight excluding hydrogens is 464 g/mol. The van der Waals surface area contributed by atoms with Crippen LogP contribution in [-0.2, 0) is 11.3 Å². The first-order valence-electron chi connectivity index (χ1n) is 11.0. The molecule has 8 nitrogen and oxygen atoms in total. The van der Waals surface area contributed by atoms with Crippen molar-refractivity contribution in [2.75, 3.05) is 5.32 Å². The van der Waals surface area contributed by atoms with Crippen molar-refractivity contribution >= 4 is 40.2 Å². The lowest BCUT2D eigenvalue weighted by Crippen LogP contribution is -2.27. The number of aromatic nitrogens is 3. The van der Waals surface area contributed by atoms with Gasteiger partial charge in [0.05, 0.1) is 5.39 Å². The number of nitrogens with zero attached hydrogens (tertiary/aromatic N) is 3. The molecule has 3 aromatic carbocycles. The van der Waals surface area contributed by atoms with Gasteiger partial charge < -0.3 is 10.4 Å². The summed E-state index contributed by atoms with van der Waals surface area (Å²) in [6, 6.07) is 19.6. The number of benzene rings is 3. The van der Waals surface area contributed by atoms with Crippen molar-refractivity contribution in [2.45, 2.75) is 37.0 Å². The number of carboxylic acid groups (broad SMARTS) is 1. The van der Waals surface area contributed by atoms with Crippen LogP contribution in [0.1, 0.15) is 27.9 Å². The summed E-state index contributed by atoms with van der Waals surface area (Å²) in [7, 11) is 0. The average molecular weight is 489 g/mol. The molecular formula is C26H24N4O4S. The third kappa shape index (κ3) is 5.75. The van der Waals surface area contributed by atoms with E-state index in [4.69, 9.17) is 0 Å². The fourth-order valence-corrected chi connectivity index (χ4v) is 4.50. The monoisotopic (exact) mass is 488 g/mol. The molecule has 0 spiro atoms. The standard InChI is InChI=1S/C26H24N4O4S/c1-16-6-8-18(9-7-16)24(31)27-19-10-12-20(13-11-19)35-22(26(33)34)14-15-30-25(32)21-5-3-4-17(2)23(21)28-29-30/h3-13,22H,14-15H2,1-2H3,(H,27,31)(H,33,34). The van der Waals surface area contributed by atoms with Gasteiger partial charge in [-0.1, -0.05) is 35.0 Å². The highest BCUT2D eigenvalue weighted by Crippen LogP contribution is 2.27. The van der Waals surface area contributed by atoms with Crippen molar-refractivity contribution < 1.29 is 14.7 Å². The van der Waals surface area contributed by atoms with Crippen LogP contribution >= 0.6 is 11.8 Å². The number of anilines is 1. The summed E-state index contributed by atoms with van der Waals surface area (Å²) in [4.78, 5) is 37.7. The molecule has 0 saturated heterocycles. The third-order valence-corrected chi connectivity index (χ3v) is 6.80. The Morgan fingerprint density at radius 3 is 2.43 bits per heavy atom. The van der Waals surface area contributed by atoms with E-state index in [0.29, 0.717) is 22.2 Å². The molecule has 0 aliphatic rings. The maximum absolute atomic E-state index is 12.7. The molecule has 0 saturated carbocycles. The highest BCUT2D eigenvalue weighted by molar-refractivity contribution is 8.00. The largest absolute Gasteiger partial charge is 0.480 e. The van der Waals surface area contributed by atoms with Gasteiger partial charge in [-0.2, -0.15) is 0 Å². The summed E-state index contributed by atoms with van der Waals surface area (Å²) in [5, 5.41) is 20.3. The molecule has 4 aromatic rings. The van der Waals surface area contributed by atoms with E-state index in [9.17, 15) is 19.5 Å². The van der Waals surface area contributed by atoms with E-state index in [1.807, 2.05) is 32.0 Å². The molecule has 35 heavy (non-hydrogen) atoms. The summed E-state index contributed by atoms with van der Waals surface area (Å²) < 4.78 is 1.21. The van der Waals surface area contributed by atoms with Crippen LogP contribution in [0.2, 0.25) is 0 Å². The molecule has 9 heteroatoms. The first-order chi connectivity index (χ1) is 16.8. The number of thioether (sulfide) groups is 1. The van der Waals surface area contributed by atoms with Crippen molar-refractivity contribution in [1.82, 2.24) is 15.0 Å². The molecule has 1 aromatic heterocycles. The van der Waals surface area contributed by atoms with Crippen LogP contribution in [0, 0.1) is 13.8 Å². The first kappa shape index (κ1) is 24.2. The number of hydrogen-bond donors (Lipinski definition) is 2. The maximum atomic E-state index is 12.7. The van der Waals surface area contributed by atoms with Gasteiger partial charge >= 0.3 is 5.97 Å². The Morgan fingerprint density at radius 2 is 1.74 bits per heavy atom. The highest BCUT2D eigenvalue weighted by atomic mass is 32.2. The van der Waals surface area contributed by atoms with E-state index in [2.05, 4.69) is 15.6 Å². The van der Waals surface area contributed by atoms with Gasteiger partial charge in [0.15, 0.2) is 0 Å². The summed E-state index contributed by atoms with van der Waals surface area (Å²) in [6.45, 7) is 3.94. The molecule has 178 valence electrons. The van der Waals surface area contributed by atoms with Gasteiger partial charge in [-0.25, -0.2) is 4.68 Å². The Bertz CT molecular complexity index is 1430. The number of aliphatic carboxylic acids is 1. The molecule has 0 fully saturated rings. The van der Waals surface area contributed by atoms with Gasteiger partial charge in [-0.15, -0.1) is 16.9 Å². The summed E-state index contributed by atoms with van der Waals surface area (Å²) in [5.74, 6) is -1.20. The van der Waals surface area contributed by atoms with Gasteiger partial charge in [0.25, 0.3) is 11.5 Å². The summed E-state index contributed by atoms with van der Waals surface area (Å²) in [6.07, 6.45) is 0.192. The topological polar surface area (TPSA) is 114 Å². The smallest absolute Gasteiger partial charge is 0.317 e. The van der Waals surface area contributed by atoms with Gasteiger partial charge in [-0.05, 0) is 68.3 Å². The normalized spacial score (nSPS) is 11.8. The van der Waals surface area contributed by atoms with Crippen LogP contribution in [0.15, 0.2) is 76.4 Å². The summed E-state index contributed by atoms with van der Waals surface area (Å²) in [5.41, 5.74) is 3.36. The van der Waals surface area contributed by atoms with Gasteiger partial charge in [0, 0.05) is 22.7 Å². The number of hydrogen-bond acceptors (Lipinski definition) is 6. The molecule has 1 unspecified atom stereocenters. The molecule has 1 heterocycles. The lowest BCUT2D eigenvalue weighted by molar-refractivity contribution is -0.136. The van der Waals surface area contributed by atoms with E-state index >= 15 is 0 Å². The van der Waals surface area contributed by atoms with Crippen molar-refractivity contribution in [1.29, 1.82) is 0 Å². The van der Waals surface area contributed by atoms with Crippen molar-refractivity contribution in [3.05, 3.63) is 93.8 Å². The second-order valence-corrected chi connectivity index (χ2v) is 9.44. The number of carbonyl (C=O) groups excluding carboxylic acids is 1. The fraction of sp³-hybridized carbons (Fsp3) is 0.192. The Labute approximate surface area is 206 Å². The fourth-order valence-electron chi connectivity index (χ4n) is 3.55. The molecule has 0 aliphatic carbocycles. The van der Waals surface area contributed by atoms with Crippen LogP contribution in [0.4, 0.5) is 5.69 Å². The van der Waals surface area contributed by atoms with Crippen LogP contribution in [0.5, 0.6) is 0 Å². The number of aryl methyl sites for hydroxylation is 3. The van der Waals surface area contributed by atoms with Crippen LogP contribution < -0.4 is 10.9 Å². The highest BCUT2D eigenvalue weighted by Gasteiger charge is 2.20. The maximum Gasteiger partial charge on any atom is 0.317 e. The van der Waals surface area contributed by atoms with Gasteiger partial charge in [-0.3, -0.25) is 14.4 Å². The van der Waals surface area contributed by atoms with E-state index < -0.39 is 11.2 Å². The van der Waals surface area contributed by atoms with Crippen LogP contribution in [-0.4, -0.2) is 37.2 Å². The zero-order valence-electron chi connectivity index (χ0n) is 19.3. The SMILES string of the molecule is Cc1ccc(C(=O)Nc2ccc(SC(CCn3nnc4c(C)cccc4c3=O)C(=O)O)cc2)cc1. The molecule has 1 amide bonds. The number of fused-ring (bicyclic) bond motifs is 1. The molecule has 2 N–H and O–H groups in total. The molecule has 0 radical (unpaired) electrons. The molecule has 4 rings (SSSR count). The molecule has 1 atom stereocenters. The van der Waals surface area contributed by atoms with Crippen molar-refractivity contribution in [3.8, 4) is 0 Å². The zero-order valence-corrected chi connectivity index (χ0v) is 20.1. The molecule has 0 aliphatic heterocycles. The summed E-state index contributed by atoms with van der Waals surface area (Å²) >= 11 is 1.18. The van der Waals surface area contributed by atoms with E-state index in [-0.39, 0.29) is 24.4 Å². The predicted octanol–water partition coefficient (Wildman–Crippen LogP) is 4.30.